The van der Waals surface area contributed by atoms with Crippen LogP contribution in [-0.4, -0.2) is 30.9 Å². The summed E-state index contributed by atoms with van der Waals surface area (Å²) in [7, 11) is 1.58. The second-order valence-electron chi connectivity index (χ2n) is 8.68. The Labute approximate surface area is 229 Å². The molecule has 0 N–H and O–H groups in total. The molecule has 0 radical (unpaired) electrons. The van der Waals surface area contributed by atoms with Gasteiger partial charge in [-0.25, -0.2) is 9.79 Å². The second kappa shape index (κ2) is 11.5. The number of methoxy groups -OCH3 is 1. The number of ether oxygens (including phenoxy) is 3. The molecule has 3 aromatic carbocycles. The lowest BCUT2D eigenvalue weighted by atomic mass is 9.93. The molecule has 39 heavy (non-hydrogen) atoms. The normalized spacial score (nSPS) is 14.9. The highest BCUT2D eigenvalue weighted by Gasteiger charge is 2.35. The summed E-state index contributed by atoms with van der Waals surface area (Å²) in [5, 5.41) is 0. The number of hydrogen-bond donors (Lipinski definition) is 0. The highest BCUT2D eigenvalue weighted by Crippen LogP contribution is 2.36. The van der Waals surface area contributed by atoms with Gasteiger partial charge in [-0.05, 0) is 43.7 Å². The number of nitrogens with zero attached hydrogens (tertiary/aromatic N) is 2. The topological polar surface area (TPSA) is 79.1 Å². The molecule has 0 amide bonds. The Bertz CT molecular complexity index is 1720. The monoisotopic (exact) mass is 540 g/mol. The van der Waals surface area contributed by atoms with Crippen molar-refractivity contribution >= 4 is 29.1 Å². The average Bonchev–Trinajstić information content (AvgIpc) is 3.28. The van der Waals surface area contributed by atoms with Crippen molar-refractivity contribution in [2.24, 2.45) is 4.99 Å². The van der Waals surface area contributed by atoms with E-state index in [1.165, 1.54) is 11.3 Å². The van der Waals surface area contributed by atoms with Crippen molar-refractivity contribution in [3.8, 4) is 11.5 Å². The van der Waals surface area contributed by atoms with Crippen LogP contribution in [0.25, 0.3) is 11.8 Å². The molecule has 8 heteroatoms. The van der Waals surface area contributed by atoms with E-state index in [1.54, 1.807) is 18.6 Å². The van der Waals surface area contributed by atoms with E-state index in [0.717, 1.165) is 11.1 Å². The first-order valence-corrected chi connectivity index (χ1v) is 13.5. The molecule has 1 aliphatic heterocycles. The number of para-hydroxylation sites is 1. The van der Waals surface area contributed by atoms with E-state index in [9.17, 15) is 9.59 Å². The SMILES string of the molecule is CCOC(=O)C1=C(c2ccccc2)N=c2s/c(=C/c3ccccc3OCC)c(=O)n2C1c1cccc(OC)c1. The highest BCUT2D eigenvalue weighted by molar-refractivity contribution is 7.07. The summed E-state index contributed by atoms with van der Waals surface area (Å²) < 4.78 is 18.8. The lowest BCUT2D eigenvalue weighted by molar-refractivity contribution is -0.138. The summed E-state index contributed by atoms with van der Waals surface area (Å²) in [6, 6.07) is 23.7. The van der Waals surface area contributed by atoms with E-state index in [0.29, 0.717) is 44.3 Å². The van der Waals surface area contributed by atoms with Crippen LogP contribution in [0.15, 0.2) is 94.2 Å². The van der Waals surface area contributed by atoms with Gasteiger partial charge in [0, 0.05) is 11.1 Å². The highest BCUT2D eigenvalue weighted by atomic mass is 32.1. The maximum atomic E-state index is 14.0. The van der Waals surface area contributed by atoms with Crippen LogP contribution in [0, 0.1) is 0 Å². The van der Waals surface area contributed by atoms with Crippen LogP contribution in [0.2, 0.25) is 0 Å². The number of carbonyl (C=O) groups is 1. The molecule has 198 valence electrons. The maximum Gasteiger partial charge on any atom is 0.338 e. The minimum absolute atomic E-state index is 0.188. The van der Waals surface area contributed by atoms with Crippen molar-refractivity contribution in [1.29, 1.82) is 0 Å². The Morgan fingerprint density at radius 2 is 1.77 bits per heavy atom. The van der Waals surface area contributed by atoms with Gasteiger partial charge in [0.05, 0.1) is 42.2 Å². The minimum Gasteiger partial charge on any atom is -0.497 e. The van der Waals surface area contributed by atoms with Gasteiger partial charge in [0.2, 0.25) is 0 Å². The summed E-state index contributed by atoms with van der Waals surface area (Å²) in [6.45, 7) is 4.37. The summed E-state index contributed by atoms with van der Waals surface area (Å²) >= 11 is 1.27. The fourth-order valence-electron chi connectivity index (χ4n) is 4.60. The molecule has 7 nitrogen and oxygen atoms in total. The summed E-state index contributed by atoms with van der Waals surface area (Å²) in [5.41, 5.74) is 2.77. The lowest BCUT2D eigenvalue weighted by Crippen LogP contribution is -2.40. The predicted octanol–water partition coefficient (Wildman–Crippen LogP) is 4.34. The molecule has 0 fully saturated rings. The number of thiazole rings is 1. The van der Waals surface area contributed by atoms with Gasteiger partial charge in [0.1, 0.15) is 11.5 Å². The van der Waals surface area contributed by atoms with Crippen molar-refractivity contribution in [3.63, 3.8) is 0 Å². The first-order chi connectivity index (χ1) is 19.0. The van der Waals surface area contributed by atoms with Crippen molar-refractivity contribution in [3.05, 3.63) is 121 Å². The summed E-state index contributed by atoms with van der Waals surface area (Å²) in [6.07, 6.45) is 1.81. The van der Waals surface area contributed by atoms with Crippen molar-refractivity contribution in [2.45, 2.75) is 19.9 Å². The van der Waals surface area contributed by atoms with Gasteiger partial charge in [-0.1, -0.05) is 72.0 Å². The average molecular weight is 541 g/mol. The Balaban J connectivity index is 1.83. The number of carbonyl (C=O) groups excluding carboxylic acids is 1. The molecule has 0 spiro atoms. The smallest absolute Gasteiger partial charge is 0.338 e. The van der Waals surface area contributed by atoms with Crippen LogP contribution in [0.3, 0.4) is 0 Å². The number of esters is 1. The van der Waals surface area contributed by atoms with Crippen LogP contribution >= 0.6 is 11.3 Å². The molecule has 1 unspecified atom stereocenters. The second-order valence-corrected chi connectivity index (χ2v) is 9.69. The van der Waals surface area contributed by atoms with E-state index in [2.05, 4.69) is 0 Å². The molecule has 0 saturated carbocycles. The predicted molar refractivity (Wildman–Crippen MR) is 152 cm³/mol. The molecule has 2 heterocycles. The molecule has 0 aliphatic carbocycles. The number of benzene rings is 3. The zero-order valence-electron chi connectivity index (χ0n) is 21.9. The van der Waals surface area contributed by atoms with Crippen LogP contribution in [-0.2, 0) is 9.53 Å². The molecule has 1 aliphatic rings. The lowest BCUT2D eigenvalue weighted by Gasteiger charge is -2.26. The van der Waals surface area contributed by atoms with E-state index in [1.807, 2.05) is 91.9 Å². The van der Waals surface area contributed by atoms with Gasteiger partial charge < -0.3 is 14.2 Å². The number of hydrogen-bond acceptors (Lipinski definition) is 7. The molecular weight excluding hydrogens is 512 g/mol. The third kappa shape index (κ3) is 5.15. The first-order valence-electron chi connectivity index (χ1n) is 12.7. The molecule has 1 aromatic heterocycles. The minimum atomic E-state index is -0.769. The van der Waals surface area contributed by atoms with E-state index < -0.39 is 12.0 Å². The maximum absolute atomic E-state index is 14.0. The first kappa shape index (κ1) is 26.2. The van der Waals surface area contributed by atoms with Crippen LogP contribution in [0.4, 0.5) is 0 Å². The van der Waals surface area contributed by atoms with E-state index in [-0.39, 0.29) is 12.2 Å². The van der Waals surface area contributed by atoms with Gasteiger partial charge in [-0.15, -0.1) is 0 Å². The van der Waals surface area contributed by atoms with Gasteiger partial charge in [0.25, 0.3) is 5.56 Å². The molecule has 5 rings (SSSR count). The third-order valence-electron chi connectivity index (χ3n) is 6.29. The fourth-order valence-corrected chi connectivity index (χ4v) is 5.59. The molecule has 1 atom stereocenters. The molecule has 4 aromatic rings. The number of rotatable bonds is 8. The molecule has 0 saturated heterocycles. The van der Waals surface area contributed by atoms with E-state index in [4.69, 9.17) is 19.2 Å². The quantitative estimate of drug-likeness (QED) is 0.311. The molecular formula is C31H28N2O5S. The van der Waals surface area contributed by atoms with Gasteiger partial charge in [-0.3, -0.25) is 9.36 Å². The van der Waals surface area contributed by atoms with Crippen LogP contribution in [0.5, 0.6) is 11.5 Å². The van der Waals surface area contributed by atoms with Gasteiger partial charge >= 0.3 is 5.97 Å². The Morgan fingerprint density at radius 3 is 2.51 bits per heavy atom. The largest absolute Gasteiger partial charge is 0.497 e. The standard InChI is InChI=1S/C31H28N2O5S/c1-4-37-24-17-10-9-14-21(24)19-25-29(34)33-28(22-15-11-16-23(18-22)36-3)26(30(35)38-5-2)27(32-31(33)39-25)20-12-7-6-8-13-20/h6-19,28H,4-5H2,1-3H3/b25-19+. The zero-order chi connectivity index (χ0) is 27.4. The van der Waals surface area contributed by atoms with Gasteiger partial charge in [0.15, 0.2) is 4.80 Å². The van der Waals surface area contributed by atoms with Gasteiger partial charge in [-0.2, -0.15) is 0 Å². The fraction of sp³-hybridized carbons (Fsp3) is 0.194. The molecule has 0 bridgehead atoms. The van der Waals surface area contributed by atoms with Crippen LogP contribution in [0.1, 0.15) is 36.6 Å². The number of aromatic nitrogens is 1. The summed E-state index contributed by atoms with van der Waals surface area (Å²) in [5.74, 6) is 0.776. The zero-order valence-corrected chi connectivity index (χ0v) is 22.7. The number of fused-ring (bicyclic) bond motifs is 1. The van der Waals surface area contributed by atoms with Crippen molar-refractivity contribution in [1.82, 2.24) is 4.57 Å². The Morgan fingerprint density at radius 1 is 1.00 bits per heavy atom. The third-order valence-corrected chi connectivity index (χ3v) is 7.27. The van der Waals surface area contributed by atoms with Crippen LogP contribution < -0.4 is 24.4 Å². The Hall–Kier alpha value is -4.43. The van der Waals surface area contributed by atoms with Crippen molar-refractivity contribution < 1.29 is 19.0 Å². The van der Waals surface area contributed by atoms with Crippen molar-refractivity contribution in [2.75, 3.05) is 20.3 Å². The Kier molecular flexibility index (Phi) is 7.74. The van der Waals surface area contributed by atoms with E-state index >= 15 is 0 Å². The summed E-state index contributed by atoms with van der Waals surface area (Å²) in [4.78, 5) is 32.9.